The van der Waals surface area contributed by atoms with Crippen molar-refractivity contribution in [2.24, 2.45) is 5.92 Å². The van der Waals surface area contributed by atoms with Crippen LogP contribution in [0.15, 0.2) is 24.3 Å². The number of carbonyl (C=O) groups excluding carboxylic acids is 1. The van der Waals surface area contributed by atoms with Gasteiger partial charge in [0, 0.05) is 30.5 Å². The molecule has 7 nitrogen and oxygen atoms in total. The van der Waals surface area contributed by atoms with Crippen LogP contribution >= 0.6 is 0 Å². The number of hydrogen-bond acceptors (Lipinski definition) is 5. The lowest BCUT2D eigenvalue weighted by molar-refractivity contribution is -0.384. The van der Waals surface area contributed by atoms with Gasteiger partial charge in [0.05, 0.1) is 11.1 Å². The Morgan fingerprint density at radius 3 is 2.85 bits per heavy atom. The van der Waals surface area contributed by atoms with Crippen LogP contribution in [0.1, 0.15) is 31.9 Å². The molecule has 3 N–H and O–H groups in total. The van der Waals surface area contributed by atoms with Crippen LogP contribution in [-0.4, -0.2) is 17.0 Å². The summed E-state index contributed by atoms with van der Waals surface area (Å²) in [6, 6.07) is 6.44. The van der Waals surface area contributed by atoms with E-state index in [1.165, 1.54) is 6.07 Å². The van der Waals surface area contributed by atoms with Crippen molar-refractivity contribution in [2.45, 2.75) is 32.5 Å². The molecule has 2 unspecified atom stereocenters. The number of hydrazine groups is 1. The first-order valence-corrected chi connectivity index (χ1v) is 6.53. The first-order valence-electron chi connectivity index (χ1n) is 6.53. The van der Waals surface area contributed by atoms with Gasteiger partial charge in [0.15, 0.2) is 0 Å². The second-order valence-corrected chi connectivity index (χ2v) is 5.14. The molecular weight excluding hydrogens is 260 g/mol. The molecule has 0 radical (unpaired) electrons. The highest BCUT2D eigenvalue weighted by Crippen LogP contribution is 2.24. The summed E-state index contributed by atoms with van der Waals surface area (Å²) in [4.78, 5) is 22.0. The Morgan fingerprint density at radius 2 is 2.20 bits per heavy atom. The van der Waals surface area contributed by atoms with Gasteiger partial charge in [0.1, 0.15) is 0 Å². The summed E-state index contributed by atoms with van der Waals surface area (Å²) >= 11 is 0. The predicted molar refractivity (Wildman–Crippen MR) is 73.5 cm³/mol. The van der Waals surface area contributed by atoms with Crippen molar-refractivity contribution in [3.05, 3.63) is 39.9 Å². The van der Waals surface area contributed by atoms with Crippen LogP contribution in [0.4, 0.5) is 5.69 Å². The Hall–Kier alpha value is -1.99. The minimum absolute atomic E-state index is 0.0241. The van der Waals surface area contributed by atoms with E-state index < -0.39 is 4.92 Å². The molecule has 1 fully saturated rings. The summed E-state index contributed by atoms with van der Waals surface area (Å²) < 4.78 is 0. The van der Waals surface area contributed by atoms with Gasteiger partial charge in [-0.3, -0.25) is 14.9 Å². The Labute approximate surface area is 116 Å². The summed E-state index contributed by atoms with van der Waals surface area (Å²) in [6.07, 6.45) is 0.466. The second kappa shape index (κ2) is 5.98. The van der Waals surface area contributed by atoms with E-state index in [4.69, 9.17) is 0 Å². The van der Waals surface area contributed by atoms with Crippen LogP contribution in [0.25, 0.3) is 0 Å². The first-order chi connectivity index (χ1) is 9.47. The molecule has 2 atom stereocenters. The lowest BCUT2D eigenvalue weighted by Crippen LogP contribution is -2.45. The van der Waals surface area contributed by atoms with E-state index >= 15 is 0 Å². The lowest BCUT2D eigenvalue weighted by Gasteiger charge is -2.13. The molecule has 1 heterocycles. The number of benzene rings is 1. The van der Waals surface area contributed by atoms with Crippen molar-refractivity contribution in [1.29, 1.82) is 0 Å². The fourth-order valence-electron chi connectivity index (χ4n) is 2.06. The molecule has 0 saturated carbocycles. The maximum Gasteiger partial charge on any atom is 0.269 e. The molecule has 0 bridgehead atoms. The van der Waals surface area contributed by atoms with E-state index in [0.29, 0.717) is 6.42 Å². The third-order valence-corrected chi connectivity index (χ3v) is 3.23. The number of nitro groups is 1. The molecule has 1 aromatic rings. The van der Waals surface area contributed by atoms with E-state index in [-0.39, 0.29) is 29.7 Å². The zero-order chi connectivity index (χ0) is 14.7. The Morgan fingerprint density at radius 1 is 1.45 bits per heavy atom. The molecule has 1 aliphatic heterocycles. The van der Waals surface area contributed by atoms with Gasteiger partial charge in [-0.2, -0.15) is 0 Å². The number of amides is 1. The molecule has 108 valence electrons. The molecule has 7 heteroatoms. The highest BCUT2D eigenvalue weighted by molar-refractivity contribution is 5.78. The quantitative estimate of drug-likeness (QED) is 0.568. The van der Waals surface area contributed by atoms with Crippen molar-refractivity contribution in [1.82, 2.24) is 16.2 Å². The Bertz CT molecular complexity index is 518. The maximum atomic E-state index is 11.6. The Kier molecular flexibility index (Phi) is 4.31. The molecule has 1 saturated heterocycles. The lowest BCUT2D eigenvalue weighted by atomic mass is 10.0. The van der Waals surface area contributed by atoms with Gasteiger partial charge in [0.2, 0.25) is 5.91 Å². The second-order valence-electron chi connectivity index (χ2n) is 5.14. The normalized spacial score (nSPS) is 21.9. The molecular formula is C13H18N4O3. The number of non-ortho nitro benzene ring substituents is 1. The van der Waals surface area contributed by atoms with E-state index in [2.05, 4.69) is 16.2 Å². The van der Waals surface area contributed by atoms with Gasteiger partial charge in [-0.05, 0) is 5.56 Å². The van der Waals surface area contributed by atoms with Crippen LogP contribution in [0.3, 0.4) is 0 Å². The van der Waals surface area contributed by atoms with Gasteiger partial charge >= 0.3 is 0 Å². The highest BCUT2D eigenvalue weighted by atomic mass is 16.6. The maximum absolute atomic E-state index is 11.6. The average molecular weight is 278 g/mol. The minimum atomic E-state index is -0.413. The number of carbonyl (C=O) groups is 1. The zero-order valence-corrected chi connectivity index (χ0v) is 11.4. The van der Waals surface area contributed by atoms with E-state index in [0.717, 1.165) is 5.56 Å². The summed E-state index contributed by atoms with van der Waals surface area (Å²) in [7, 11) is 0. The summed E-state index contributed by atoms with van der Waals surface area (Å²) in [6.45, 7) is 3.66. The van der Waals surface area contributed by atoms with Crippen LogP contribution in [0.2, 0.25) is 0 Å². The largest absolute Gasteiger partial charge is 0.339 e. The van der Waals surface area contributed by atoms with Crippen molar-refractivity contribution in [3.63, 3.8) is 0 Å². The topological polar surface area (TPSA) is 96.3 Å². The fraction of sp³-hybridized carbons (Fsp3) is 0.462. The third kappa shape index (κ3) is 3.31. The standard InChI is InChI=1S/C13H18N4O3/c1-8(2)13(18)14-12-7-11(15-16-12)9-4-3-5-10(6-9)17(19)20/h3-6,8,11-12,15-16H,7H2,1-2H3,(H,14,18). The van der Waals surface area contributed by atoms with Crippen molar-refractivity contribution < 1.29 is 9.72 Å². The molecule has 2 rings (SSSR count). The number of nitrogens with zero attached hydrogens (tertiary/aromatic N) is 1. The van der Waals surface area contributed by atoms with Crippen LogP contribution in [-0.2, 0) is 4.79 Å². The minimum Gasteiger partial charge on any atom is -0.339 e. The van der Waals surface area contributed by atoms with Crippen molar-refractivity contribution in [2.75, 3.05) is 0 Å². The number of nitro benzene ring substituents is 1. The van der Waals surface area contributed by atoms with Gasteiger partial charge in [0.25, 0.3) is 5.69 Å². The zero-order valence-electron chi connectivity index (χ0n) is 11.4. The van der Waals surface area contributed by atoms with Crippen molar-refractivity contribution in [3.8, 4) is 0 Å². The predicted octanol–water partition coefficient (Wildman–Crippen LogP) is 1.23. The highest BCUT2D eigenvalue weighted by Gasteiger charge is 2.27. The monoisotopic (exact) mass is 278 g/mol. The van der Waals surface area contributed by atoms with Gasteiger partial charge < -0.3 is 5.32 Å². The summed E-state index contributed by atoms with van der Waals surface area (Å²) in [5.74, 6) is -0.0994. The summed E-state index contributed by atoms with van der Waals surface area (Å²) in [5, 5.41) is 13.6. The molecule has 1 amide bonds. The summed E-state index contributed by atoms with van der Waals surface area (Å²) in [5.41, 5.74) is 6.93. The molecule has 0 spiro atoms. The van der Waals surface area contributed by atoms with Gasteiger partial charge in [-0.15, -0.1) is 0 Å². The molecule has 1 aliphatic rings. The third-order valence-electron chi connectivity index (χ3n) is 3.23. The number of nitrogens with one attached hydrogen (secondary N) is 3. The van der Waals surface area contributed by atoms with Crippen LogP contribution in [0.5, 0.6) is 0 Å². The fourth-order valence-corrected chi connectivity index (χ4v) is 2.06. The van der Waals surface area contributed by atoms with Crippen molar-refractivity contribution >= 4 is 11.6 Å². The smallest absolute Gasteiger partial charge is 0.269 e. The van der Waals surface area contributed by atoms with E-state index in [9.17, 15) is 14.9 Å². The molecule has 20 heavy (non-hydrogen) atoms. The van der Waals surface area contributed by atoms with Gasteiger partial charge in [-0.1, -0.05) is 26.0 Å². The number of rotatable bonds is 4. The Balaban J connectivity index is 2.00. The SMILES string of the molecule is CC(C)C(=O)NC1CC(c2cccc([N+](=O)[O-])c2)NN1. The molecule has 1 aromatic carbocycles. The molecule has 0 aliphatic carbocycles. The van der Waals surface area contributed by atoms with Crippen LogP contribution < -0.4 is 16.2 Å². The van der Waals surface area contributed by atoms with Gasteiger partial charge in [-0.25, -0.2) is 10.9 Å². The molecule has 0 aromatic heterocycles. The van der Waals surface area contributed by atoms with Crippen LogP contribution in [0, 0.1) is 16.0 Å². The average Bonchev–Trinajstić information content (AvgIpc) is 2.87. The van der Waals surface area contributed by atoms with E-state index in [1.54, 1.807) is 12.1 Å². The van der Waals surface area contributed by atoms with E-state index in [1.807, 2.05) is 19.9 Å². The number of hydrogen-bond donors (Lipinski definition) is 3. The first kappa shape index (κ1) is 14.4.